The van der Waals surface area contributed by atoms with Crippen molar-refractivity contribution in [1.82, 2.24) is 4.90 Å². The number of carbonyl (C=O) groups excluding carboxylic acids is 2. The van der Waals surface area contributed by atoms with E-state index in [1.807, 2.05) is 13.0 Å². The zero-order chi connectivity index (χ0) is 16.4. The third-order valence-electron chi connectivity index (χ3n) is 4.18. The SMILES string of the molecule is CC(c1ccco1)N(C)C(=O)c1cccc(NC(=O)C2CC2)c1. The van der Waals surface area contributed by atoms with E-state index in [4.69, 9.17) is 4.42 Å². The number of amides is 2. The van der Waals surface area contributed by atoms with E-state index < -0.39 is 0 Å². The fraction of sp³-hybridized carbons (Fsp3) is 0.333. The van der Waals surface area contributed by atoms with Gasteiger partial charge in [0.25, 0.3) is 5.91 Å². The molecule has 5 heteroatoms. The molecule has 1 atom stereocenters. The Morgan fingerprint density at radius 2 is 2.04 bits per heavy atom. The fourth-order valence-electron chi connectivity index (χ4n) is 2.42. The molecule has 23 heavy (non-hydrogen) atoms. The van der Waals surface area contributed by atoms with E-state index in [1.165, 1.54) is 0 Å². The number of hydrogen-bond donors (Lipinski definition) is 1. The molecule has 0 bridgehead atoms. The summed E-state index contributed by atoms with van der Waals surface area (Å²) in [6.45, 7) is 1.91. The van der Waals surface area contributed by atoms with Crippen molar-refractivity contribution in [2.24, 2.45) is 5.92 Å². The van der Waals surface area contributed by atoms with Crippen molar-refractivity contribution in [3.63, 3.8) is 0 Å². The van der Waals surface area contributed by atoms with Crippen LogP contribution in [0.2, 0.25) is 0 Å². The number of hydrogen-bond acceptors (Lipinski definition) is 3. The molecular weight excluding hydrogens is 292 g/mol. The molecule has 5 nitrogen and oxygen atoms in total. The second-order valence-corrected chi connectivity index (χ2v) is 5.95. The number of rotatable bonds is 5. The summed E-state index contributed by atoms with van der Waals surface area (Å²) < 4.78 is 5.36. The maximum Gasteiger partial charge on any atom is 0.254 e. The monoisotopic (exact) mass is 312 g/mol. The molecule has 1 aliphatic carbocycles. The highest BCUT2D eigenvalue weighted by molar-refractivity contribution is 5.98. The molecule has 1 N–H and O–H groups in total. The van der Waals surface area contributed by atoms with Crippen molar-refractivity contribution in [1.29, 1.82) is 0 Å². The van der Waals surface area contributed by atoms with Crippen LogP contribution in [0.25, 0.3) is 0 Å². The normalized spacial score (nSPS) is 15.0. The lowest BCUT2D eigenvalue weighted by molar-refractivity contribution is -0.117. The number of nitrogens with one attached hydrogen (secondary N) is 1. The molecule has 1 aliphatic rings. The Morgan fingerprint density at radius 3 is 2.70 bits per heavy atom. The van der Waals surface area contributed by atoms with Gasteiger partial charge in [-0.3, -0.25) is 9.59 Å². The van der Waals surface area contributed by atoms with E-state index in [0.717, 1.165) is 18.6 Å². The number of nitrogens with zero attached hydrogens (tertiary/aromatic N) is 1. The lowest BCUT2D eigenvalue weighted by Gasteiger charge is -2.23. The van der Waals surface area contributed by atoms with Crippen LogP contribution < -0.4 is 5.32 Å². The van der Waals surface area contributed by atoms with E-state index in [2.05, 4.69) is 5.32 Å². The molecule has 1 unspecified atom stereocenters. The maximum absolute atomic E-state index is 12.6. The van der Waals surface area contributed by atoms with E-state index in [0.29, 0.717) is 11.3 Å². The zero-order valence-electron chi connectivity index (χ0n) is 13.3. The summed E-state index contributed by atoms with van der Waals surface area (Å²) in [6, 6.07) is 10.5. The van der Waals surface area contributed by atoms with Crippen LogP contribution in [0, 0.1) is 5.92 Å². The summed E-state index contributed by atoms with van der Waals surface area (Å²) >= 11 is 0. The summed E-state index contributed by atoms with van der Waals surface area (Å²) in [5.74, 6) is 0.790. The van der Waals surface area contributed by atoms with Gasteiger partial charge < -0.3 is 14.6 Å². The van der Waals surface area contributed by atoms with Crippen LogP contribution in [0.15, 0.2) is 47.1 Å². The average Bonchev–Trinajstić information content (AvgIpc) is 3.28. The van der Waals surface area contributed by atoms with Crippen molar-refractivity contribution in [2.45, 2.75) is 25.8 Å². The zero-order valence-corrected chi connectivity index (χ0v) is 13.3. The van der Waals surface area contributed by atoms with Gasteiger partial charge in [-0.05, 0) is 50.1 Å². The Balaban J connectivity index is 1.72. The number of anilines is 1. The topological polar surface area (TPSA) is 62.6 Å². The first kappa shape index (κ1) is 15.3. The molecule has 120 valence electrons. The van der Waals surface area contributed by atoms with Crippen molar-refractivity contribution in [2.75, 3.05) is 12.4 Å². The van der Waals surface area contributed by atoms with Crippen LogP contribution in [0.4, 0.5) is 5.69 Å². The minimum Gasteiger partial charge on any atom is -0.467 e. The quantitative estimate of drug-likeness (QED) is 0.919. The van der Waals surface area contributed by atoms with Crippen LogP contribution in [0.3, 0.4) is 0 Å². The third kappa shape index (κ3) is 3.44. The third-order valence-corrected chi connectivity index (χ3v) is 4.18. The van der Waals surface area contributed by atoms with Crippen molar-refractivity contribution >= 4 is 17.5 Å². The highest BCUT2D eigenvalue weighted by atomic mass is 16.3. The summed E-state index contributed by atoms with van der Waals surface area (Å²) in [6.07, 6.45) is 3.50. The van der Waals surface area contributed by atoms with Gasteiger partial charge in [0.2, 0.25) is 5.91 Å². The van der Waals surface area contributed by atoms with Crippen molar-refractivity contribution in [3.05, 3.63) is 54.0 Å². The van der Waals surface area contributed by atoms with Gasteiger partial charge in [-0.2, -0.15) is 0 Å². The lowest BCUT2D eigenvalue weighted by Crippen LogP contribution is -2.29. The molecule has 0 saturated heterocycles. The van der Waals surface area contributed by atoms with E-state index in [-0.39, 0.29) is 23.8 Å². The number of benzene rings is 1. The standard InChI is InChI=1S/C18H20N2O3/c1-12(16-7-4-10-23-16)20(2)18(22)14-5-3-6-15(11-14)19-17(21)13-8-9-13/h3-7,10-13H,8-9H2,1-2H3,(H,19,21). The van der Waals surface area contributed by atoms with Crippen LogP contribution in [0.5, 0.6) is 0 Å². The minimum absolute atomic E-state index is 0.0342. The summed E-state index contributed by atoms with van der Waals surface area (Å²) in [5, 5.41) is 2.87. The Morgan fingerprint density at radius 1 is 1.26 bits per heavy atom. The number of furan rings is 1. The van der Waals surface area contributed by atoms with Gasteiger partial charge in [-0.15, -0.1) is 0 Å². The summed E-state index contributed by atoms with van der Waals surface area (Å²) in [4.78, 5) is 26.1. The first-order valence-electron chi connectivity index (χ1n) is 7.78. The van der Waals surface area contributed by atoms with Gasteiger partial charge >= 0.3 is 0 Å². The van der Waals surface area contributed by atoms with Gasteiger partial charge in [0.05, 0.1) is 12.3 Å². The summed E-state index contributed by atoms with van der Waals surface area (Å²) in [5.41, 5.74) is 1.20. The van der Waals surface area contributed by atoms with Gasteiger partial charge in [0.1, 0.15) is 5.76 Å². The van der Waals surface area contributed by atoms with Crippen molar-refractivity contribution < 1.29 is 14.0 Å². The van der Waals surface area contributed by atoms with Gasteiger partial charge in [-0.25, -0.2) is 0 Å². The Bertz CT molecular complexity index is 705. The van der Waals surface area contributed by atoms with Crippen molar-refractivity contribution in [3.8, 4) is 0 Å². The predicted octanol–water partition coefficient (Wildman–Crippen LogP) is 3.46. The molecule has 1 aromatic carbocycles. The molecule has 2 amide bonds. The molecule has 0 radical (unpaired) electrons. The molecule has 2 aromatic rings. The Hall–Kier alpha value is -2.56. The lowest BCUT2D eigenvalue weighted by atomic mass is 10.1. The van der Waals surface area contributed by atoms with E-state index in [9.17, 15) is 9.59 Å². The molecule has 1 fully saturated rings. The molecule has 1 saturated carbocycles. The van der Waals surface area contributed by atoms with Gasteiger partial charge in [-0.1, -0.05) is 6.07 Å². The number of carbonyl (C=O) groups is 2. The Labute approximate surface area is 135 Å². The van der Waals surface area contributed by atoms with Gasteiger partial charge in [0.15, 0.2) is 0 Å². The average molecular weight is 312 g/mol. The van der Waals surface area contributed by atoms with Crippen LogP contribution >= 0.6 is 0 Å². The van der Waals surface area contributed by atoms with E-state index in [1.54, 1.807) is 48.5 Å². The fourth-order valence-corrected chi connectivity index (χ4v) is 2.42. The Kier molecular flexibility index (Phi) is 4.19. The molecule has 0 spiro atoms. The molecule has 3 rings (SSSR count). The smallest absolute Gasteiger partial charge is 0.254 e. The predicted molar refractivity (Wildman–Crippen MR) is 87.0 cm³/mol. The minimum atomic E-state index is -0.165. The highest BCUT2D eigenvalue weighted by Crippen LogP contribution is 2.30. The summed E-state index contributed by atoms with van der Waals surface area (Å²) in [7, 11) is 1.74. The molecule has 1 aromatic heterocycles. The second kappa shape index (κ2) is 6.28. The highest BCUT2D eigenvalue weighted by Gasteiger charge is 2.29. The van der Waals surface area contributed by atoms with Crippen LogP contribution in [-0.2, 0) is 4.79 Å². The first-order chi connectivity index (χ1) is 11.1. The van der Waals surface area contributed by atoms with E-state index >= 15 is 0 Å². The van der Waals surface area contributed by atoms with Gasteiger partial charge in [0, 0.05) is 24.2 Å². The molecule has 0 aliphatic heterocycles. The van der Waals surface area contributed by atoms with Crippen LogP contribution in [-0.4, -0.2) is 23.8 Å². The molecule has 1 heterocycles. The second-order valence-electron chi connectivity index (χ2n) is 5.95. The first-order valence-corrected chi connectivity index (χ1v) is 7.78. The van der Waals surface area contributed by atoms with Crippen LogP contribution in [0.1, 0.15) is 41.9 Å². The molecular formula is C18H20N2O3. The maximum atomic E-state index is 12.6. The largest absolute Gasteiger partial charge is 0.467 e.